The summed E-state index contributed by atoms with van der Waals surface area (Å²) in [6.07, 6.45) is 7.61. The maximum atomic E-state index is 9.97. The highest BCUT2D eigenvalue weighted by Crippen LogP contribution is 2.40. The molecule has 0 bridgehead atoms. The zero-order valence-corrected chi connectivity index (χ0v) is 26.9. The van der Waals surface area contributed by atoms with Crippen LogP contribution in [0.2, 0.25) is 0 Å². The molecule has 1 atom stereocenters. The Morgan fingerprint density at radius 2 is 1.10 bits per heavy atom. The van der Waals surface area contributed by atoms with Gasteiger partial charge in [0.2, 0.25) is 0 Å². The van der Waals surface area contributed by atoms with E-state index in [1.165, 1.54) is 0 Å². The summed E-state index contributed by atoms with van der Waals surface area (Å²) >= 11 is 0. The van der Waals surface area contributed by atoms with Crippen molar-refractivity contribution in [2.45, 2.75) is 12.3 Å². The SMILES string of the molecule is N#Cc1ccc(C2C=C(c3cccc(-n4c5ccccc5c5cc(C#N)ccc54)c3)C=CC2)c(-n2c3ccccc3c3cc(C#N)ccc32)c1. The largest absolute Gasteiger partial charge is 0.309 e. The highest BCUT2D eigenvalue weighted by atomic mass is 15.0. The average molecular weight is 638 g/mol. The van der Waals surface area contributed by atoms with Gasteiger partial charge in [-0.2, -0.15) is 15.8 Å². The summed E-state index contributed by atoms with van der Waals surface area (Å²) in [5.41, 5.74) is 11.4. The van der Waals surface area contributed by atoms with E-state index in [4.69, 9.17) is 0 Å². The molecule has 2 heterocycles. The van der Waals surface area contributed by atoms with Gasteiger partial charge in [0.05, 0.1) is 62.7 Å². The molecule has 0 saturated carbocycles. The predicted molar refractivity (Wildman–Crippen MR) is 200 cm³/mol. The number of allylic oxidation sites excluding steroid dienone is 4. The van der Waals surface area contributed by atoms with E-state index >= 15 is 0 Å². The Labute approximate surface area is 288 Å². The molecule has 0 saturated heterocycles. The topological polar surface area (TPSA) is 81.2 Å². The molecule has 50 heavy (non-hydrogen) atoms. The van der Waals surface area contributed by atoms with Gasteiger partial charge in [-0.25, -0.2) is 0 Å². The van der Waals surface area contributed by atoms with E-state index in [1.807, 2.05) is 66.7 Å². The van der Waals surface area contributed by atoms with E-state index in [-0.39, 0.29) is 5.92 Å². The van der Waals surface area contributed by atoms with Crippen molar-refractivity contribution in [3.8, 4) is 29.6 Å². The van der Waals surface area contributed by atoms with E-state index in [0.29, 0.717) is 16.7 Å². The van der Waals surface area contributed by atoms with Crippen LogP contribution in [0.4, 0.5) is 0 Å². The number of rotatable bonds is 4. The molecule has 0 radical (unpaired) electrons. The van der Waals surface area contributed by atoms with Crippen molar-refractivity contribution >= 4 is 49.2 Å². The van der Waals surface area contributed by atoms with Gasteiger partial charge in [-0.1, -0.05) is 72.8 Å². The summed E-state index contributed by atoms with van der Waals surface area (Å²) in [6.45, 7) is 0. The molecule has 8 aromatic rings. The van der Waals surface area contributed by atoms with Gasteiger partial charge in [-0.3, -0.25) is 0 Å². The van der Waals surface area contributed by atoms with Crippen LogP contribution >= 0.6 is 0 Å². The van der Waals surface area contributed by atoms with Crippen molar-refractivity contribution in [2.75, 3.05) is 0 Å². The Morgan fingerprint density at radius 1 is 0.520 bits per heavy atom. The first-order valence-corrected chi connectivity index (χ1v) is 16.6. The molecule has 1 unspecified atom stereocenters. The number of hydrogen-bond donors (Lipinski definition) is 0. The Hall–Kier alpha value is -7.13. The minimum atomic E-state index is 0.0636. The number of aromatic nitrogens is 2. The fourth-order valence-corrected chi connectivity index (χ4v) is 7.66. The molecule has 0 N–H and O–H groups in total. The maximum Gasteiger partial charge on any atom is 0.0992 e. The van der Waals surface area contributed by atoms with Crippen molar-refractivity contribution < 1.29 is 0 Å². The summed E-state index contributed by atoms with van der Waals surface area (Å²) in [6, 6.07) is 49.9. The number of nitriles is 3. The van der Waals surface area contributed by atoms with Crippen molar-refractivity contribution in [3.63, 3.8) is 0 Å². The molecule has 6 aromatic carbocycles. The zero-order chi connectivity index (χ0) is 33.8. The third kappa shape index (κ3) is 4.52. The lowest BCUT2D eigenvalue weighted by Crippen LogP contribution is -2.06. The molecule has 2 aromatic heterocycles. The molecule has 0 fully saturated rings. The third-order valence-electron chi connectivity index (χ3n) is 9.91. The van der Waals surface area contributed by atoms with Crippen LogP contribution in [0.15, 0.2) is 146 Å². The molecule has 9 rings (SSSR count). The van der Waals surface area contributed by atoms with E-state index in [2.05, 4.69) is 106 Å². The molecule has 1 aliphatic rings. The Balaban J connectivity index is 1.19. The van der Waals surface area contributed by atoms with Gasteiger partial charge in [0.1, 0.15) is 0 Å². The standard InChI is InChI=1S/C45H27N5/c46-26-29-16-19-43-39(21-29)37-11-1-3-13-41(37)49(43)35-10-6-8-33(25-35)32-7-5-9-34(24-32)36-18-15-31(28-48)23-45(36)50-42-14-4-2-12-38(42)40-22-30(27-47)17-20-44(40)50/h1-8,10-25,34H,9H2. The van der Waals surface area contributed by atoms with Gasteiger partial charge in [0.15, 0.2) is 0 Å². The summed E-state index contributed by atoms with van der Waals surface area (Å²) in [5.74, 6) is 0.0636. The van der Waals surface area contributed by atoms with Gasteiger partial charge < -0.3 is 9.13 Å². The normalized spacial score (nSPS) is 14.1. The summed E-state index contributed by atoms with van der Waals surface area (Å²) in [7, 11) is 0. The molecule has 232 valence electrons. The minimum absolute atomic E-state index is 0.0636. The average Bonchev–Trinajstić information content (AvgIpc) is 3.69. The van der Waals surface area contributed by atoms with Crippen LogP contribution < -0.4 is 0 Å². The van der Waals surface area contributed by atoms with Crippen molar-refractivity contribution in [1.29, 1.82) is 15.8 Å². The molecule has 0 spiro atoms. The van der Waals surface area contributed by atoms with Crippen LogP contribution in [-0.4, -0.2) is 9.13 Å². The Morgan fingerprint density at radius 3 is 1.78 bits per heavy atom. The van der Waals surface area contributed by atoms with Crippen molar-refractivity contribution in [2.24, 2.45) is 0 Å². The van der Waals surface area contributed by atoms with Gasteiger partial charge in [0.25, 0.3) is 0 Å². The first kappa shape index (κ1) is 29.0. The lowest BCUT2D eigenvalue weighted by atomic mass is 9.86. The summed E-state index contributed by atoms with van der Waals surface area (Å²) in [4.78, 5) is 0. The molecule has 5 nitrogen and oxygen atoms in total. The second kappa shape index (κ2) is 11.5. The van der Waals surface area contributed by atoms with Crippen molar-refractivity contribution in [3.05, 3.63) is 173 Å². The fourth-order valence-electron chi connectivity index (χ4n) is 7.66. The van der Waals surface area contributed by atoms with E-state index in [0.717, 1.165) is 78.1 Å². The van der Waals surface area contributed by atoms with Crippen LogP contribution in [0, 0.1) is 34.0 Å². The highest BCUT2D eigenvalue weighted by molar-refractivity contribution is 6.10. The molecular weight excluding hydrogens is 611 g/mol. The minimum Gasteiger partial charge on any atom is -0.309 e. The van der Waals surface area contributed by atoms with E-state index < -0.39 is 0 Å². The predicted octanol–water partition coefficient (Wildman–Crippen LogP) is 10.6. The van der Waals surface area contributed by atoms with Crippen LogP contribution in [-0.2, 0) is 0 Å². The van der Waals surface area contributed by atoms with Gasteiger partial charge in [-0.15, -0.1) is 0 Å². The van der Waals surface area contributed by atoms with Crippen LogP contribution in [0.25, 0.3) is 60.6 Å². The van der Waals surface area contributed by atoms with Crippen LogP contribution in [0.1, 0.15) is 40.2 Å². The van der Waals surface area contributed by atoms with Crippen LogP contribution in [0.3, 0.4) is 0 Å². The molecule has 0 amide bonds. The Kier molecular flexibility index (Phi) is 6.70. The fraction of sp³-hybridized carbons (Fsp3) is 0.0444. The number of benzene rings is 6. The Bertz CT molecular complexity index is 2890. The second-order valence-corrected chi connectivity index (χ2v) is 12.7. The summed E-state index contributed by atoms with van der Waals surface area (Å²) in [5, 5.41) is 33.5. The highest BCUT2D eigenvalue weighted by Gasteiger charge is 2.22. The van der Waals surface area contributed by atoms with E-state index in [9.17, 15) is 15.8 Å². The van der Waals surface area contributed by atoms with Crippen LogP contribution in [0.5, 0.6) is 0 Å². The zero-order valence-electron chi connectivity index (χ0n) is 26.9. The summed E-state index contributed by atoms with van der Waals surface area (Å²) < 4.78 is 4.52. The van der Waals surface area contributed by atoms with Gasteiger partial charge in [-0.05, 0) is 95.9 Å². The van der Waals surface area contributed by atoms with Crippen molar-refractivity contribution in [1.82, 2.24) is 9.13 Å². The molecule has 0 aliphatic heterocycles. The lowest BCUT2D eigenvalue weighted by Gasteiger charge is -2.22. The molecule has 5 heteroatoms. The lowest BCUT2D eigenvalue weighted by molar-refractivity contribution is 0.846. The van der Waals surface area contributed by atoms with Gasteiger partial charge in [0, 0.05) is 33.2 Å². The number of hydrogen-bond acceptors (Lipinski definition) is 3. The second-order valence-electron chi connectivity index (χ2n) is 12.7. The smallest absolute Gasteiger partial charge is 0.0992 e. The first-order chi connectivity index (χ1) is 24.6. The van der Waals surface area contributed by atoms with E-state index in [1.54, 1.807) is 0 Å². The molecular formula is C45H27N5. The monoisotopic (exact) mass is 637 g/mol. The third-order valence-corrected chi connectivity index (χ3v) is 9.91. The van der Waals surface area contributed by atoms with Gasteiger partial charge >= 0.3 is 0 Å². The number of para-hydroxylation sites is 2. The maximum absolute atomic E-state index is 9.97. The quantitative estimate of drug-likeness (QED) is 0.193. The first-order valence-electron chi connectivity index (χ1n) is 16.6. The molecule has 1 aliphatic carbocycles. The number of fused-ring (bicyclic) bond motifs is 6. The number of nitrogens with zero attached hydrogens (tertiary/aromatic N) is 5.